The molecule has 2 nitrogen and oxygen atoms in total. The summed E-state index contributed by atoms with van der Waals surface area (Å²) in [6.07, 6.45) is 9.97. The monoisotopic (exact) mass is 486 g/mol. The molecule has 4 heteroatoms. The average molecular weight is 487 g/mol. The van der Waals surface area contributed by atoms with Gasteiger partial charge in [-0.1, -0.05) is 80.9 Å². The summed E-state index contributed by atoms with van der Waals surface area (Å²) in [5.41, 5.74) is 1.15. The minimum Gasteiger partial charge on any atom is -0.379 e. The van der Waals surface area contributed by atoms with E-state index in [0.717, 1.165) is 18.6 Å². The van der Waals surface area contributed by atoms with Crippen molar-refractivity contribution in [3.8, 4) is 11.8 Å². The van der Waals surface area contributed by atoms with E-state index in [1.807, 2.05) is 23.0 Å². The molecule has 26 heavy (non-hydrogen) atoms. The smallest absolute Gasteiger partial charge is 0.109 e. The van der Waals surface area contributed by atoms with Crippen molar-refractivity contribution in [3.63, 3.8) is 0 Å². The zero-order valence-electron chi connectivity index (χ0n) is 16.8. The summed E-state index contributed by atoms with van der Waals surface area (Å²) in [6, 6.07) is 8.88. The summed E-state index contributed by atoms with van der Waals surface area (Å²) in [7, 11) is -1.19. The molecule has 0 N–H and O–H groups in total. The van der Waals surface area contributed by atoms with Crippen LogP contribution in [0.1, 0.15) is 56.9 Å². The van der Waals surface area contributed by atoms with Gasteiger partial charge in [0.15, 0.2) is 0 Å². The highest BCUT2D eigenvalue weighted by Gasteiger charge is 2.15. The van der Waals surface area contributed by atoms with Gasteiger partial charge in [0.1, 0.15) is 23.0 Å². The van der Waals surface area contributed by atoms with E-state index in [2.05, 4.69) is 55.7 Å². The number of benzene rings is 1. The van der Waals surface area contributed by atoms with Crippen molar-refractivity contribution in [2.75, 3.05) is 19.8 Å². The third-order valence-electron chi connectivity index (χ3n) is 4.38. The van der Waals surface area contributed by atoms with Crippen molar-refractivity contribution in [3.05, 3.63) is 29.8 Å². The maximum atomic E-state index is 5.46. The van der Waals surface area contributed by atoms with Crippen molar-refractivity contribution in [1.29, 1.82) is 0 Å². The van der Waals surface area contributed by atoms with Crippen LogP contribution in [0.2, 0.25) is 19.6 Å². The van der Waals surface area contributed by atoms with Gasteiger partial charge in [0, 0.05) is 18.6 Å². The van der Waals surface area contributed by atoms with E-state index in [1.165, 1.54) is 50.1 Å². The van der Waals surface area contributed by atoms with Crippen molar-refractivity contribution < 1.29 is 7.80 Å². The fourth-order valence-corrected chi connectivity index (χ4v) is 4.06. The van der Waals surface area contributed by atoms with Crippen LogP contribution in [0.4, 0.5) is 0 Å². The van der Waals surface area contributed by atoms with Crippen LogP contribution >= 0.6 is 23.0 Å². The van der Waals surface area contributed by atoms with Crippen LogP contribution in [-0.4, -0.2) is 27.9 Å². The van der Waals surface area contributed by atoms with E-state index >= 15 is 0 Å². The first-order valence-electron chi connectivity index (χ1n) is 9.95. The molecule has 146 valence electrons. The van der Waals surface area contributed by atoms with Crippen molar-refractivity contribution in [2.24, 2.45) is 0 Å². The molecule has 1 rings (SSSR count). The van der Waals surface area contributed by atoms with Crippen LogP contribution < -0.4 is 5.19 Å². The second-order valence-corrected chi connectivity index (χ2v) is 13.5. The van der Waals surface area contributed by atoms with E-state index in [1.54, 1.807) is 0 Å². The Morgan fingerprint density at radius 3 is 2.04 bits per heavy atom. The molecule has 0 atom stereocenters. The van der Waals surface area contributed by atoms with Crippen LogP contribution in [0, 0.1) is 11.8 Å². The normalized spacial score (nSPS) is 11.2. The number of unbranched alkanes of at least 4 members (excludes halogenated alkanes) is 7. The highest BCUT2D eigenvalue weighted by atomic mass is 127. The van der Waals surface area contributed by atoms with Gasteiger partial charge in [0.05, 0.1) is 21.3 Å². The van der Waals surface area contributed by atoms with Gasteiger partial charge in [-0.05, 0) is 25.0 Å². The second kappa shape index (κ2) is 14.7. The molecule has 0 spiro atoms. The number of rotatable bonds is 13. The van der Waals surface area contributed by atoms with Crippen molar-refractivity contribution >= 4 is 36.3 Å². The average Bonchev–Trinajstić information content (AvgIpc) is 2.61. The van der Waals surface area contributed by atoms with Crippen LogP contribution in [0.15, 0.2) is 24.3 Å². The quantitative estimate of drug-likeness (QED) is 0.145. The van der Waals surface area contributed by atoms with Gasteiger partial charge in [-0.2, -0.15) is 0 Å². The Morgan fingerprint density at radius 1 is 0.808 bits per heavy atom. The van der Waals surface area contributed by atoms with E-state index in [-0.39, 0.29) is 0 Å². The molecule has 0 saturated heterocycles. The highest BCUT2D eigenvalue weighted by Crippen LogP contribution is 2.09. The van der Waals surface area contributed by atoms with Gasteiger partial charge in [0.25, 0.3) is 0 Å². The summed E-state index contributed by atoms with van der Waals surface area (Å²) >= 11 is 1.90. The predicted octanol–water partition coefficient (Wildman–Crippen LogP) is 6.09. The molecular weight excluding hydrogens is 451 g/mol. The Bertz CT molecular complexity index is 526. The Hall–Kier alpha value is -0.353. The fraction of sp³-hybridized carbons (Fsp3) is 0.636. The SMILES string of the molecule is C[Si](C)(C)c1ccc(C#CCCCCCCCCCOCCOI)cc1. The predicted molar refractivity (Wildman–Crippen MR) is 124 cm³/mol. The lowest BCUT2D eigenvalue weighted by molar-refractivity contribution is 0.109. The number of ether oxygens (including phenoxy) is 1. The first-order chi connectivity index (χ1) is 12.5. The van der Waals surface area contributed by atoms with Gasteiger partial charge < -0.3 is 7.80 Å². The molecule has 0 saturated carbocycles. The largest absolute Gasteiger partial charge is 0.379 e. The summed E-state index contributed by atoms with van der Waals surface area (Å²) in [4.78, 5) is 0. The van der Waals surface area contributed by atoms with E-state index in [9.17, 15) is 0 Å². The first-order valence-corrected chi connectivity index (χ1v) is 14.3. The third kappa shape index (κ3) is 12.1. The van der Waals surface area contributed by atoms with E-state index in [0.29, 0.717) is 13.2 Å². The van der Waals surface area contributed by atoms with Crippen LogP contribution in [0.25, 0.3) is 0 Å². The van der Waals surface area contributed by atoms with Gasteiger partial charge in [-0.15, -0.1) is 0 Å². The molecule has 0 radical (unpaired) electrons. The lowest BCUT2D eigenvalue weighted by Gasteiger charge is -2.15. The van der Waals surface area contributed by atoms with E-state index in [4.69, 9.17) is 7.80 Å². The van der Waals surface area contributed by atoms with Gasteiger partial charge in [-0.3, -0.25) is 0 Å². The molecule has 0 aliphatic rings. The number of hydrogen-bond acceptors (Lipinski definition) is 2. The molecule has 0 amide bonds. The second-order valence-electron chi connectivity index (χ2n) is 7.78. The Morgan fingerprint density at radius 2 is 1.42 bits per heavy atom. The molecule has 0 bridgehead atoms. The lowest BCUT2D eigenvalue weighted by atomic mass is 10.1. The summed E-state index contributed by atoms with van der Waals surface area (Å²) in [5, 5.41) is 1.50. The molecule has 0 unspecified atom stereocenters. The summed E-state index contributed by atoms with van der Waals surface area (Å²) < 4.78 is 10.4. The van der Waals surface area contributed by atoms with Crippen molar-refractivity contribution in [1.82, 2.24) is 0 Å². The lowest BCUT2D eigenvalue weighted by Crippen LogP contribution is -2.37. The van der Waals surface area contributed by atoms with Gasteiger partial charge in [0.2, 0.25) is 0 Å². The van der Waals surface area contributed by atoms with Crippen molar-refractivity contribution in [2.45, 2.75) is 71.0 Å². The summed E-state index contributed by atoms with van der Waals surface area (Å²) in [5.74, 6) is 6.63. The Labute approximate surface area is 176 Å². The number of halogens is 1. The fourth-order valence-electron chi connectivity index (χ4n) is 2.71. The minimum atomic E-state index is -1.19. The Balaban J connectivity index is 1.99. The topological polar surface area (TPSA) is 18.5 Å². The van der Waals surface area contributed by atoms with Crippen LogP contribution in [-0.2, 0) is 7.80 Å². The van der Waals surface area contributed by atoms with Gasteiger partial charge >= 0.3 is 0 Å². The first kappa shape index (κ1) is 23.7. The Kier molecular flexibility index (Phi) is 13.4. The molecule has 0 aliphatic carbocycles. The molecule has 1 aromatic rings. The van der Waals surface area contributed by atoms with E-state index < -0.39 is 8.07 Å². The standard InChI is InChI=1S/C22H35IO2Si/c1-26(2,3)22-16-14-21(15-17-22)13-11-9-7-5-4-6-8-10-12-18-24-19-20-25-23/h14-17H,4-10,12,18-20H2,1-3H3. The minimum absolute atomic E-state index is 0.688. The molecule has 0 aromatic heterocycles. The molecule has 0 fully saturated rings. The molecule has 1 aromatic carbocycles. The molecule has 0 heterocycles. The van der Waals surface area contributed by atoms with Gasteiger partial charge in [-0.25, -0.2) is 0 Å². The third-order valence-corrected chi connectivity index (χ3v) is 6.88. The number of hydrogen-bond donors (Lipinski definition) is 0. The maximum Gasteiger partial charge on any atom is 0.109 e. The zero-order valence-corrected chi connectivity index (χ0v) is 19.9. The molecule has 0 aliphatic heterocycles. The maximum absolute atomic E-state index is 5.46. The highest BCUT2D eigenvalue weighted by molar-refractivity contribution is 14.1. The van der Waals surface area contributed by atoms with Crippen LogP contribution in [0.3, 0.4) is 0 Å². The molecular formula is C22H35IO2Si. The van der Waals surface area contributed by atoms with Crippen LogP contribution in [0.5, 0.6) is 0 Å². The zero-order chi connectivity index (χ0) is 19.1. The summed E-state index contributed by atoms with van der Waals surface area (Å²) in [6.45, 7) is 9.41.